The Morgan fingerprint density at radius 2 is 2.16 bits per heavy atom. The summed E-state index contributed by atoms with van der Waals surface area (Å²) < 4.78 is 0. The van der Waals surface area contributed by atoms with E-state index < -0.39 is 0 Å². The van der Waals surface area contributed by atoms with E-state index in [1.807, 2.05) is 18.2 Å². The molecule has 0 radical (unpaired) electrons. The Morgan fingerprint density at radius 1 is 1.37 bits per heavy atom. The third-order valence-electron chi connectivity index (χ3n) is 2.99. The van der Waals surface area contributed by atoms with E-state index in [4.69, 9.17) is 5.26 Å². The van der Waals surface area contributed by atoms with Gasteiger partial charge in [0.25, 0.3) is 0 Å². The molecule has 4 heteroatoms. The van der Waals surface area contributed by atoms with Crippen LogP contribution >= 0.6 is 11.3 Å². The Kier molecular flexibility index (Phi) is 5.08. The number of hydrogen-bond acceptors (Lipinski definition) is 4. The van der Waals surface area contributed by atoms with Crippen LogP contribution in [0.5, 0.6) is 0 Å². The van der Waals surface area contributed by atoms with Crippen LogP contribution in [0.2, 0.25) is 0 Å². The Bertz CT molecular complexity index is 542. The molecule has 0 saturated carbocycles. The first-order chi connectivity index (χ1) is 9.33. The minimum atomic E-state index is 0.258. The van der Waals surface area contributed by atoms with E-state index in [2.05, 4.69) is 40.8 Å². The summed E-state index contributed by atoms with van der Waals surface area (Å²) in [5.74, 6) is 0. The molecule has 1 aromatic carbocycles. The van der Waals surface area contributed by atoms with E-state index >= 15 is 0 Å². The van der Waals surface area contributed by atoms with Gasteiger partial charge in [0.15, 0.2) is 0 Å². The van der Waals surface area contributed by atoms with Crippen LogP contribution in [0.4, 0.5) is 0 Å². The van der Waals surface area contributed by atoms with Gasteiger partial charge in [-0.1, -0.05) is 37.3 Å². The summed E-state index contributed by atoms with van der Waals surface area (Å²) in [6.45, 7) is 2.82. The molecule has 0 amide bonds. The van der Waals surface area contributed by atoms with Crippen molar-refractivity contribution in [3.63, 3.8) is 0 Å². The molecule has 98 valence electrons. The number of benzene rings is 1. The Hall–Kier alpha value is -1.70. The van der Waals surface area contributed by atoms with Gasteiger partial charge in [-0.05, 0) is 6.42 Å². The topological polar surface area (TPSA) is 48.7 Å². The van der Waals surface area contributed by atoms with Crippen LogP contribution in [0.1, 0.15) is 24.8 Å². The van der Waals surface area contributed by atoms with Crippen LogP contribution in [-0.2, 0) is 6.54 Å². The average Bonchev–Trinajstić information content (AvgIpc) is 2.93. The lowest BCUT2D eigenvalue weighted by Crippen LogP contribution is -2.27. The molecule has 19 heavy (non-hydrogen) atoms. The van der Waals surface area contributed by atoms with Crippen molar-refractivity contribution >= 4 is 11.3 Å². The van der Waals surface area contributed by atoms with Crippen molar-refractivity contribution in [2.45, 2.75) is 32.4 Å². The molecular weight excluding hydrogens is 254 g/mol. The lowest BCUT2D eigenvalue weighted by molar-refractivity contribution is 0.504. The van der Waals surface area contributed by atoms with Gasteiger partial charge in [0, 0.05) is 23.5 Å². The SMILES string of the molecule is CCC(CC#N)NCc1nc(-c2ccccc2)cs1. The third kappa shape index (κ3) is 3.88. The van der Waals surface area contributed by atoms with Crippen molar-refractivity contribution in [1.29, 1.82) is 5.26 Å². The lowest BCUT2D eigenvalue weighted by atomic mass is 10.2. The standard InChI is InChI=1S/C15H17N3S/c1-2-13(8-9-16)17-10-15-18-14(11-19-15)12-6-4-3-5-7-12/h3-7,11,13,17H,2,8,10H2,1H3. The van der Waals surface area contributed by atoms with Gasteiger partial charge in [-0.2, -0.15) is 5.26 Å². The molecular formula is C15H17N3S. The summed E-state index contributed by atoms with van der Waals surface area (Å²) in [4.78, 5) is 4.62. The molecule has 1 N–H and O–H groups in total. The molecule has 1 aromatic heterocycles. The highest BCUT2D eigenvalue weighted by Crippen LogP contribution is 2.21. The van der Waals surface area contributed by atoms with Gasteiger partial charge >= 0.3 is 0 Å². The summed E-state index contributed by atoms with van der Waals surface area (Å²) >= 11 is 1.66. The third-order valence-corrected chi connectivity index (χ3v) is 3.84. The second-order valence-corrected chi connectivity index (χ2v) is 5.28. The van der Waals surface area contributed by atoms with Crippen LogP contribution in [-0.4, -0.2) is 11.0 Å². The predicted molar refractivity (Wildman–Crippen MR) is 78.7 cm³/mol. The van der Waals surface area contributed by atoms with Crippen LogP contribution < -0.4 is 5.32 Å². The van der Waals surface area contributed by atoms with Gasteiger partial charge in [-0.15, -0.1) is 11.3 Å². The lowest BCUT2D eigenvalue weighted by Gasteiger charge is -2.11. The first-order valence-corrected chi connectivity index (χ1v) is 7.31. The minimum absolute atomic E-state index is 0.258. The fraction of sp³-hybridized carbons (Fsp3) is 0.333. The molecule has 0 fully saturated rings. The number of nitrogens with zero attached hydrogens (tertiary/aromatic N) is 2. The first kappa shape index (κ1) is 13.7. The molecule has 2 aromatic rings. The summed E-state index contributed by atoms with van der Waals surface area (Å²) in [6, 6.07) is 12.6. The Morgan fingerprint density at radius 3 is 2.84 bits per heavy atom. The number of nitrogens with one attached hydrogen (secondary N) is 1. The molecule has 3 nitrogen and oxygen atoms in total. The van der Waals surface area contributed by atoms with E-state index in [9.17, 15) is 0 Å². The highest BCUT2D eigenvalue weighted by molar-refractivity contribution is 7.09. The smallest absolute Gasteiger partial charge is 0.107 e. The molecule has 1 atom stereocenters. The second kappa shape index (κ2) is 7.03. The van der Waals surface area contributed by atoms with Crippen molar-refractivity contribution in [2.24, 2.45) is 0 Å². The largest absolute Gasteiger partial charge is 0.307 e. The maximum atomic E-state index is 8.71. The molecule has 0 spiro atoms. The first-order valence-electron chi connectivity index (χ1n) is 6.43. The van der Waals surface area contributed by atoms with Gasteiger partial charge < -0.3 is 5.32 Å². The van der Waals surface area contributed by atoms with Gasteiger partial charge in [-0.3, -0.25) is 0 Å². The normalized spacial score (nSPS) is 12.0. The van der Waals surface area contributed by atoms with E-state index in [0.717, 1.165) is 29.2 Å². The quantitative estimate of drug-likeness (QED) is 0.873. The van der Waals surface area contributed by atoms with Crippen LogP contribution in [0, 0.1) is 11.3 Å². The molecule has 0 bridgehead atoms. The van der Waals surface area contributed by atoms with Crippen molar-refractivity contribution < 1.29 is 0 Å². The monoisotopic (exact) mass is 271 g/mol. The average molecular weight is 271 g/mol. The second-order valence-electron chi connectivity index (χ2n) is 4.34. The number of hydrogen-bond donors (Lipinski definition) is 1. The van der Waals surface area contributed by atoms with Crippen molar-refractivity contribution in [3.8, 4) is 17.3 Å². The van der Waals surface area contributed by atoms with Crippen LogP contribution in [0.3, 0.4) is 0 Å². The number of rotatable bonds is 6. The maximum Gasteiger partial charge on any atom is 0.107 e. The molecule has 1 heterocycles. The van der Waals surface area contributed by atoms with E-state index in [1.54, 1.807) is 11.3 Å². The van der Waals surface area contributed by atoms with E-state index in [-0.39, 0.29) is 6.04 Å². The summed E-state index contributed by atoms with van der Waals surface area (Å²) in [5, 5.41) is 15.2. The highest BCUT2D eigenvalue weighted by Gasteiger charge is 2.07. The molecule has 0 aliphatic heterocycles. The Labute approximate surface area is 117 Å². The van der Waals surface area contributed by atoms with E-state index in [0.29, 0.717) is 6.42 Å². The van der Waals surface area contributed by atoms with Crippen LogP contribution in [0.25, 0.3) is 11.3 Å². The predicted octanol–water partition coefficient (Wildman–Crippen LogP) is 3.59. The van der Waals surface area contributed by atoms with Crippen molar-refractivity contribution in [3.05, 3.63) is 40.7 Å². The number of aromatic nitrogens is 1. The molecule has 0 saturated heterocycles. The molecule has 2 rings (SSSR count). The molecule has 0 aliphatic carbocycles. The summed E-state index contributed by atoms with van der Waals surface area (Å²) in [6.07, 6.45) is 1.51. The highest BCUT2D eigenvalue weighted by atomic mass is 32.1. The van der Waals surface area contributed by atoms with E-state index in [1.165, 1.54) is 0 Å². The Balaban J connectivity index is 1.97. The fourth-order valence-electron chi connectivity index (χ4n) is 1.84. The van der Waals surface area contributed by atoms with Gasteiger partial charge in [0.05, 0.1) is 18.2 Å². The molecule has 0 aliphatic rings. The van der Waals surface area contributed by atoms with Gasteiger partial charge in [0.1, 0.15) is 5.01 Å². The van der Waals surface area contributed by atoms with Gasteiger partial charge in [0.2, 0.25) is 0 Å². The summed E-state index contributed by atoms with van der Waals surface area (Å²) in [7, 11) is 0. The van der Waals surface area contributed by atoms with Crippen LogP contribution in [0.15, 0.2) is 35.7 Å². The number of thiazole rings is 1. The zero-order valence-corrected chi connectivity index (χ0v) is 11.8. The van der Waals surface area contributed by atoms with Gasteiger partial charge in [-0.25, -0.2) is 4.98 Å². The van der Waals surface area contributed by atoms with Crippen molar-refractivity contribution in [2.75, 3.05) is 0 Å². The zero-order valence-electron chi connectivity index (χ0n) is 11.0. The minimum Gasteiger partial charge on any atom is -0.307 e. The van der Waals surface area contributed by atoms with Crippen molar-refractivity contribution in [1.82, 2.24) is 10.3 Å². The summed E-state index contributed by atoms with van der Waals surface area (Å²) in [5.41, 5.74) is 2.17. The zero-order chi connectivity index (χ0) is 13.5. The fourth-order valence-corrected chi connectivity index (χ4v) is 2.59. The number of nitriles is 1. The maximum absolute atomic E-state index is 8.71. The molecule has 1 unspecified atom stereocenters.